The van der Waals surface area contributed by atoms with Crippen LogP contribution >= 0.6 is 11.6 Å². The lowest BCUT2D eigenvalue weighted by Gasteiger charge is -2.17. The van der Waals surface area contributed by atoms with Gasteiger partial charge in [-0.1, -0.05) is 29.8 Å². The van der Waals surface area contributed by atoms with Gasteiger partial charge in [0.1, 0.15) is 0 Å². The molecule has 0 radical (unpaired) electrons. The zero-order valence-corrected chi connectivity index (χ0v) is 17.4. The first-order valence-electron chi connectivity index (χ1n) is 9.07. The molecule has 7 heteroatoms. The number of likely N-dealkylation sites (N-methyl/N-ethyl adjacent to an activating group) is 1. The highest BCUT2D eigenvalue weighted by Gasteiger charge is 2.11. The number of carbonyl (C=O) groups is 2. The van der Waals surface area contributed by atoms with Crippen LogP contribution in [0.25, 0.3) is 6.08 Å². The van der Waals surface area contributed by atoms with Crippen LogP contribution in [0.1, 0.15) is 18.1 Å². The fourth-order valence-electron chi connectivity index (χ4n) is 2.47. The van der Waals surface area contributed by atoms with Gasteiger partial charge in [0.15, 0.2) is 18.1 Å². The summed E-state index contributed by atoms with van der Waals surface area (Å²) in [5, 5.41) is 0.633. The van der Waals surface area contributed by atoms with Crippen molar-refractivity contribution in [3.8, 4) is 11.5 Å². The van der Waals surface area contributed by atoms with E-state index in [1.54, 1.807) is 50.6 Å². The SMILES string of the molecule is CCOc1ccc(/C=C/C(=O)OCC(=O)N(C)Cc2ccc(Cl)cc2)cc1OC. The first-order chi connectivity index (χ1) is 13.9. The molecular formula is C22H24ClNO5. The largest absolute Gasteiger partial charge is 0.493 e. The van der Waals surface area contributed by atoms with Crippen LogP contribution in [-0.4, -0.2) is 44.1 Å². The van der Waals surface area contributed by atoms with E-state index in [-0.39, 0.29) is 12.5 Å². The predicted octanol–water partition coefficient (Wildman–Crippen LogP) is 3.96. The van der Waals surface area contributed by atoms with Crippen LogP contribution in [0, 0.1) is 0 Å². The molecule has 0 aliphatic heterocycles. The van der Waals surface area contributed by atoms with Crippen molar-refractivity contribution in [1.29, 1.82) is 0 Å². The molecule has 2 aromatic rings. The van der Waals surface area contributed by atoms with E-state index in [1.807, 2.05) is 19.1 Å². The van der Waals surface area contributed by atoms with E-state index in [1.165, 1.54) is 11.0 Å². The second-order valence-electron chi connectivity index (χ2n) is 6.16. The monoisotopic (exact) mass is 417 g/mol. The number of rotatable bonds is 9. The molecule has 6 nitrogen and oxygen atoms in total. The average Bonchev–Trinajstić information content (AvgIpc) is 2.72. The summed E-state index contributed by atoms with van der Waals surface area (Å²) < 4.78 is 15.8. The Morgan fingerprint density at radius 2 is 1.83 bits per heavy atom. The van der Waals surface area contributed by atoms with Crippen LogP contribution in [0.15, 0.2) is 48.5 Å². The summed E-state index contributed by atoms with van der Waals surface area (Å²) >= 11 is 5.85. The molecule has 29 heavy (non-hydrogen) atoms. The summed E-state index contributed by atoms with van der Waals surface area (Å²) in [6, 6.07) is 12.5. The van der Waals surface area contributed by atoms with Crippen molar-refractivity contribution in [2.75, 3.05) is 27.4 Å². The molecule has 0 fully saturated rings. The second-order valence-corrected chi connectivity index (χ2v) is 6.60. The molecule has 0 aliphatic carbocycles. The zero-order chi connectivity index (χ0) is 21.2. The van der Waals surface area contributed by atoms with E-state index in [0.717, 1.165) is 11.1 Å². The van der Waals surface area contributed by atoms with Crippen molar-refractivity contribution in [2.45, 2.75) is 13.5 Å². The first-order valence-corrected chi connectivity index (χ1v) is 9.44. The van der Waals surface area contributed by atoms with E-state index in [0.29, 0.717) is 29.7 Å². The predicted molar refractivity (Wildman–Crippen MR) is 112 cm³/mol. The third-order valence-electron chi connectivity index (χ3n) is 4.00. The summed E-state index contributed by atoms with van der Waals surface area (Å²) in [4.78, 5) is 25.5. The molecule has 0 saturated heterocycles. The van der Waals surface area contributed by atoms with Gasteiger partial charge in [-0.25, -0.2) is 4.79 Å². The smallest absolute Gasteiger partial charge is 0.331 e. The minimum absolute atomic E-state index is 0.301. The normalized spacial score (nSPS) is 10.6. The molecular weight excluding hydrogens is 394 g/mol. The Morgan fingerprint density at radius 3 is 2.48 bits per heavy atom. The number of esters is 1. The highest BCUT2D eigenvalue weighted by atomic mass is 35.5. The average molecular weight is 418 g/mol. The van der Waals surface area contributed by atoms with Crippen molar-refractivity contribution < 1.29 is 23.8 Å². The zero-order valence-electron chi connectivity index (χ0n) is 16.7. The minimum atomic E-state index is -0.605. The topological polar surface area (TPSA) is 65.1 Å². The lowest BCUT2D eigenvalue weighted by molar-refractivity contribution is -0.147. The maximum Gasteiger partial charge on any atom is 0.331 e. The summed E-state index contributed by atoms with van der Waals surface area (Å²) in [5.41, 5.74) is 1.68. The lowest BCUT2D eigenvalue weighted by atomic mass is 10.2. The summed E-state index contributed by atoms with van der Waals surface area (Å²) in [6.07, 6.45) is 2.85. The number of methoxy groups -OCH3 is 1. The van der Waals surface area contributed by atoms with Gasteiger partial charge in [0.2, 0.25) is 0 Å². The molecule has 0 spiro atoms. The van der Waals surface area contributed by atoms with Gasteiger partial charge < -0.3 is 19.1 Å². The van der Waals surface area contributed by atoms with E-state index in [9.17, 15) is 9.59 Å². The highest BCUT2D eigenvalue weighted by Crippen LogP contribution is 2.28. The number of hydrogen-bond donors (Lipinski definition) is 0. The third kappa shape index (κ3) is 7.16. The fourth-order valence-corrected chi connectivity index (χ4v) is 2.60. The van der Waals surface area contributed by atoms with E-state index >= 15 is 0 Å². The maximum atomic E-state index is 12.1. The van der Waals surface area contributed by atoms with Gasteiger partial charge in [-0.05, 0) is 48.4 Å². The van der Waals surface area contributed by atoms with Gasteiger partial charge in [0.25, 0.3) is 5.91 Å². The highest BCUT2D eigenvalue weighted by molar-refractivity contribution is 6.30. The number of carbonyl (C=O) groups excluding carboxylic acids is 2. The maximum absolute atomic E-state index is 12.1. The van der Waals surface area contributed by atoms with Gasteiger partial charge in [0, 0.05) is 24.7 Å². The molecule has 0 aromatic heterocycles. The van der Waals surface area contributed by atoms with Crippen molar-refractivity contribution in [3.63, 3.8) is 0 Å². The van der Waals surface area contributed by atoms with Gasteiger partial charge in [-0.2, -0.15) is 0 Å². The van der Waals surface area contributed by atoms with Crippen molar-refractivity contribution in [1.82, 2.24) is 4.90 Å². The van der Waals surface area contributed by atoms with Gasteiger partial charge >= 0.3 is 5.97 Å². The Balaban J connectivity index is 1.85. The van der Waals surface area contributed by atoms with Gasteiger partial charge in [-0.15, -0.1) is 0 Å². The van der Waals surface area contributed by atoms with Crippen LogP contribution < -0.4 is 9.47 Å². The summed E-state index contributed by atoms with van der Waals surface area (Å²) in [7, 11) is 3.19. The molecule has 0 unspecified atom stereocenters. The Morgan fingerprint density at radius 1 is 1.10 bits per heavy atom. The van der Waals surface area contributed by atoms with E-state index in [4.69, 9.17) is 25.8 Å². The van der Waals surface area contributed by atoms with Crippen LogP contribution in [0.5, 0.6) is 11.5 Å². The number of ether oxygens (including phenoxy) is 3. The molecule has 0 aliphatic rings. The summed E-state index contributed by atoms with van der Waals surface area (Å²) in [5.74, 6) is 0.293. The number of benzene rings is 2. The number of hydrogen-bond acceptors (Lipinski definition) is 5. The minimum Gasteiger partial charge on any atom is -0.493 e. The first kappa shape index (κ1) is 22.3. The van der Waals surface area contributed by atoms with Crippen LogP contribution in [0.3, 0.4) is 0 Å². The third-order valence-corrected chi connectivity index (χ3v) is 4.25. The van der Waals surface area contributed by atoms with Crippen LogP contribution in [0.4, 0.5) is 0 Å². The second kappa shape index (κ2) is 11.1. The quantitative estimate of drug-likeness (QED) is 0.456. The van der Waals surface area contributed by atoms with Crippen LogP contribution in [0.2, 0.25) is 5.02 Å². The Kier molecular flexibility index (Phi) is 8.55. The number of amides is 1. The Hall–Kier alpha value is -2.99. The molecule has 0 bridgehead atoms. The van der Waals surface area contributed by atoms with Crippen molar-refractivity contribution in [3.05, 3.63) is 64.7 Å². The molecule has 2 rings (SSSR count). The summed E-state index contributed by atoms with van der Waals surface area (Å²) in [6.45, 7) is 2.48. The number of halogens is 1. The van der Waals surface area contributed by atoms with E-state index in [2.05, 4.69) is 0 Å². The van der Waals surface area contributed by atoms with Gasteiger partial charge in [-0.3, -0.25) is 4.79 Å². The van der Waals surface area contributed by atoms with Crippen LogP contribution in [-0.2, 0) is 20.9 Å². The number of nitrogens with zero attached hydrogens (tertiary/aromatic N) is 1. The molecule has 2 aromatic carbocycles. The Labute approximate surface area is 175 Å². The molecule has 0 N–H and O–H groups in total. The van der Waals surface area contributed by atoms with Crippen molar-refractivity contribution >= 4 is 29.6 Å². The van der Waals surface area contributed by atoms with E-state index < -0.39 is 5.97 Å². The molecule has 0 atom stereocenters. The standard InChI is InChI=1S/C22H24ClNO5/c1-4-28-19-11-7-16(13-20(19)27-3)8-12-22(26)29-15-21(25)24(2)14-17-5-9-18(23)10-6-17/h5-13H,4,14-15H2,1-3H3/b12-8+. The lowest BCUT2D eigenvalue weighted by Crippen LogP contribution is -2.30. The molecule has 154 valence electrons. The fraction of sp³-hybridized carbons (Fsp3) is 0.273. The molecule has 0 heterocycles. The molecule has 0 saturated carbocycles. The van der Waals surface area contributed by atoms with Gasteiger partial charge in [0.05, 0.1) is 13.7 Å². The molecule has 1 amide bonds. The Bertz CT molecular complexity index is 864. The van der Waals surface area contributed by atoms with Crippen molar-refractivity contribution in [2.24, 2.45) is 0 Å².